The molecule has 2 aliphatic rings. The fourth-order valence-corrected chi connectivity index (χ4v) is 4.17. The van der Waals surface area contributed by atoms with Gasteiger partial charge in [-0.15, -0.1) is 0 Å². The van der Waals surface area contributed by atoms with Crippen molar-refractivity contribution in [3.8, 4) is 0 Å². The lowest BCUT2D eigenvalue weighted by Crippen LogP contribution is -2.32. The molecule has 0 aromatic heterocycles. The van der Waals surface area contributed by atoms with E-state index in [1.54, 1.807) is 0 Å². The molecule has 3 atom stereocenters. The van der Waals surface area contributed by atoms with E-state index in [9.17, 15) is 9.59 Å². The van der Waals surface area contributed by atoms with Gasteiger partial charge in [0.15, 0.2) is 5.78 Å². The summed E-state index contributed by atoms with van der Waals surface area (Å²) in [5, 5.41) is 0. The molecule has 3 heteroatoms. The van der Waals surface area contributed by atoms with Crippen LogP contribution in [0.1, 0.15) is 60.3 Å². The molecule has 0 radical (unpaired) electrons. The first-order chi connectivity index (χ1) is 9.79. The Morgan fingerprint density at radius 3 is 2.52 bits per heavy atom. The van der Waals surface area contributed by atoms with Crippen LogP contribution >= 0.6 is 0 Å². The molecule has 2 bridgehead atoms. The summed E-state index contributed by atoms with van der Waals surface area (Å²) in [6, 6.07) is 0. The third-order valence-electron chi connectivity index (χ3n) is 5.93. The van der Waals surface area contributed by atoms with E-state index in [2.05, 4.69) is 27.7 Å². The van der Waals surface area contributed by atoms with Gasteiger partial charge in [0.2, 0.25) is 0 Å². The number of carbonyl (C=O) groups excluding carboxylic acids is 2. The molecule has 2 aliphatic carbocycles. The smallest absolute Gasteiger partial charge is 0.312 e. The number of Topliss-reactive ketones (excluding diaryl/α,β-unsaturated/α-hetero) is 1. The van der Waals surface area contributed by atoms with Gasteiger partial charge in [-0.3, -0.25) is 9.59 Å². The Labute approximate surface area is 128 Å². The molecule has 0 N–H and O–H groups in total. The second kappa shape index (κ2) is 5.58. The summed E-state index contributed by atoms with van der Waals surface area (Å²) in [7, 11) is 0. The van der Waals surface area contributed by atoms with E-state index in [4.69, 9.17) is 4.74 Å². The van der Waals surface area contributed by atoms with E-state index in [0.29, 0.717) is 12.5 Å². The molecule has 0 heterocycles. The van der Waals surface area contributed by atoms with Crippen LogP contribution in [0.3, 0.4) is 0 Å². The molecule has 0 saturated heterocycles. The number of carbonyl (C=O) groups is 2. The Hall–Kier alpha value is -1.12. The summed E-state index contributed by atoms with van der Waals surface area (Å²) in [6.07, 6.45) is 5.62. The molecule has 0 aromatic carbocycles. The van der Waals surface area contributed by atoms with Crippen LogP contribution in [0.15, 0.2) is 11.6 Å². The molecular weight excluding hydrogens is 264 g/mol. The number of esters is 1. The molecule has 3 nitrogen and oxygen atoms in total. The van der Waals surface area contributed by atoms with Gasteiger partial charge in [-0.25, -0.2) is 0 Å². The van der Waals surface area contributed by atoms with Crippen LogP contribution < -0.4 is 0 Å². The highest BCUT2D eigenvalue weighted by atomic mass is 16.5. The molecule has 21 heavy (non-hydrogen) atoms. The minimum Gasteiger partial charge on any atom is -0.466 e. The van der Waals surface area contributed by atoms with Crippen LogP contribution in [0.5, 0.6) is 0 Å². The second-order valence-electron chi connectivity index (χ2n) is 7.24. The second-order valence-corrected chi connectivity index (χ2v) is 7.24. The normalized spacial score (nSPS) is 33.5. The predicted octanol–water partition coefficient (Wildman–Crippen LogP) is 3.92. The van der Waals surface area contributed by atoms with Gasteiger partial charge in [-0.2, -0.15) is 0 Å². The zero-order chi connectivity index (χ0) is 15.8. The third kappa shape index (κ3) is 2.35. The van der Waals surface area contributed by atoms with Crippen molar-refractivity contribution in [2.75, 3.05) is 6.61 Å². The summed E-state index contributed by atoms with van der Waals surface area (Å²) in [5.41, 5.74) is 0.635. The van der Waals surface area contributed by atoms with Crippen molar-refractivity contribution in [1.29, 1.82) is 0 Å². The molecule has 0 amide bonds. The number of allylic oxidation sites excluding steroid dienone is 1. The van der Waals surface area contributed by atoms with Crippen molar-refractivity contribution < 1.29 is 14.3 Å². The maximum Gasteiger partial charge on any atom is 0.312 e. The lowest BCUT2D eigenvalue weighted by Gasteiger charge is -2.31. The Morgan fingerprint density at radius 1 is 1.38 bits per heavy atom. The van der Waals surface area contributed by atoms with E-state index < -0.39 is 0 Å². The first-order valence-electron chi connectivity index (χ1n) is 8.22. The minimum atomic E-state index is -0.271. The van der Waals surface area contributed by atoms with Gasteiger partial charge in [0.05, 0.1) is 12.5 Å². The summed E-state index contributed by atoms with van der Waals surface area (Å²) in [4.78, 5) is 24.9. The maximum atomic E-state index is 12.8. The van der Waals surface area contributed by atoms with E-state index in [0.717, 1.165) is 31.3 Å². The number of ketones is 1. The molecule has 2 rings (SSSR count). The zero-order valence-corrected chi connectivity index (χ0v) is 14.0. The van der Waals surface area contributed by atoms with Crippen LogP contribution in [0, 0.1) is 22.7 Å². The van der Waals surface area contributed by atoms with Gasteiger partial charge >= 0.3 is 5.97 Å². The molecule has 118 valence electrons. The van der Waals surface area contributed by atoms with Crippen LogP contribution in [-0.4, -0.2) is 18.4 Å². The fourth-order valence-electron chi connectivity index (χ4n) is 4.17. The quantitative estimate of drug-likeness (QED) is 0.570. The highest BCUT2D eigenvalue weighted by molar-refractivity contribution is 6.05. The Bertz CT molecular complexity index is 475. The van der Waals surface area contributed by atoms with Crippen molar-refractivity contribution in [3.05, 3.63) is 11.6 Å². The van der Waals surface area contributed by atoms with E-state index in [1.807, 2.05) is 13.0 Å². The Morgan fingerprint density at radius 2 is 2.05 bits per heavy atom. The minimum absolute atomic E-state index is 0.00133. The molecule has 0 spiro atoms. The average molecular weight is 292 g/mol. The lowest BCUT2D eigenvalue weighted by atomic mass is 9.70. The first-order valence-corrected chi connectivity index (χ1v) is 8.22. The number of fused-ring (bicyclic) bond motifs is 2. The number of hydrogen-bond donors (Lipinski definition) is 0. The van der Waals surface area contributed by atoms with Crippen LogP contribution in [-0.2, 0) is 14.3 Å². The predicted molar refractivity (Wildman–Crippen MR) is 82.7 cm³/mol. The van der Waals surface area contributed by atoms with Crippen molar-refractivity contribution in [3.63, 3.8) is 0 Å². The summed E-state index contributed by atoms with van der Waals surface area (Å²) < 4.78 is 5.16. The van der Waals surface area contributed by atoms with Gasteiger partial charge in [0.25, 0.3) is 0 Å². The highest BCUT2D eigenvalue weighted by Crippen LogP contribution is 2.65. The molecule has 2 saturated carbocycles. The Kier molecular flexibility index (Phi) is 4.32. The Balaban J connectivity index is 2.32. The van der Waals surface area contributed by atoms with Crippen LogP contribution in [0.4, 0.5) is 0 Å². The largest absolute Gasteiger partial charge is 0.466 e. The molecule has 0 aromatic rings. The number of hydrogen-bond acceptors (Lipinski definition) is 3. The van der Waals surface area contributed by atoms with Crippen molar-refractivity contribution in [2.24, 2.45) is 22.7 Å². The first kappa shape index (κ1) is 16.3. The lowest BCUT2D eigenvalue weighted by molar-refractivity contribution is -0.146. The van der Waals surface area contributed by atoms with Gasteiger partial charge in [-0.05, 0) is 43.1 Å². The zero-order valence-electron chi connectivity index (χ0n) is 14.0. The average Bonchev–Trinajstić information content (AvgIpc) is 2.72. The summed E-state index contributed by atoms with van der Waals surface area (Å²) in [6.45, 7) is 10.8. The van der Waals surface area contributed by atoms with E-state index in [1.165, 1.54) is 0 Å². The summed E-state index contributed by atoms with van der Waals surface area (Å²) in [5.74, 6) is 0.0935. The third-order valence-corrected chi connectivity index (χ3v) is 5.93. The molecule has 3 unspecified atom stereocenters. The van der Waals surface area contributed by atoms with Gasteiger partial charge < -0.3 is 4.74 Å². The van der Waals surface area contributed by atoms with Crippen molar-refractivity contribution in [1.82, 2.24) is 0 Å². The molecule has 2 fully saturated rings. The topological polar surface area (TPSA) is 43.4 Å². The fraction of sp³-hybridized carbons (Fsp3) is 0.778. The van der Waals surface area contributed by atoms with Crippen molar-refractivity contribution in [2.45, 2.75) is 60.3 Å². The van der Waals surface area contributed by atoms with Crippen LogP contribution in [0.2, 0.25) is 0 Å². The van der Waals surface area contributed by atoms with E-state index >= 15 is 0 Å². The molecule has 0 aliphatic heterocycles. The van der Waals surface area contributed by atoms with Crippen molar-refractivity contribution >= 4 is 11.8 Å². The summed E-state index contributed by atoms with van der Waals surface area (Å²) >= 11 is 0. The highest BCUT2D eigenvalue weighted by Gasteiger charge is 2.63. The van der Waals surface area contributed by atoms with Gasteiger partial charge in [-0.1, -0.05) is 40.2 Å². The van der Waals surface area contributed by atoms with E-state index in [-0.39, 0.29) is 28.5 Å². The number of rotatable bonds is 5. The standard InChI is InChI=1S/C18H28O3/c1-6-8-12(16(20)21-7-2)11-13-14-9-10-18(5,15(13)19)17(14,3)4/h11-12,14H,6-10H2,1-5H3. The van der Waals surface area contributed by atoms with Crippen LogP contribution in [0.25, 0.3) is 0 Å². The number of ether oxygens (including phenoxy) is 1. The van der Waals surface area contributed by atoms with Gasteiger partial charge in [0.1, 0.15) is 0 Å². The monoisotopic (exact) mass is 292 g/mol. The van der Waals surface area contributed by atoms with Gasteiger partial charge in [0, 0.05) is 5.41 Å². The maximum absolute atomic E-state index is 12.8. The SMILES string of the molecule is CCCC(C=C1C(=O)C2(C)CCC1C2(C)C)C(=O)OCC. The molecular formula is C18H28O3.